The molecule has 0 saturated carbocycles. The van der Waals surface area contributed by atoms with Gasteiger partial charge < -0.3 is 30.6 Å². The average Bonchev–Trinajstić information content (AvgIpc) is 3.78. The second-order valence-electron chi connectivity index (χ2n) is 22.8. The summed E-state index contributed by atoms with van der Waals surface area (Å²) in [6, 6.07) is 0. The number of fused-ring (bicyclic) bond motifs is 2. The van der Waals surface area contributed by atoms with Crippen molar-refractivity contribution in [3.63, 3.8) is 0 Å². The van der Waals surface area contributed by atoms with Crippen molar-refractivity contribution in [1.82, 2.24) is 0 Å². The molecule has 2 fully saturated rings. The highest BCUT2D eigenvalue weighted by Gasteiger charge is 2.86. The lowest BCUT2D eigenvalue weighted by atomic mass is 9.65. The van der Waals surface area contributed by atoms with Crippen molar-refractivity contribution in [3.8, 4) is 0 Å². The molecule has 0 aromatic carbocycles. The van der Waals surface area contributed by atoms with Gasteiger partial charge in [-0.2, -0.15) is 0 Å². The van der Waals surface area contributed by atoms with Gasteiger partial charge in [0, 0.05) is 0 Å². The lowest BCUT2D eigenvalue weighted by molar-refractivity contribution is -0.453. The van der Waals surface area contributed by atoms with E-state index in [1.165, 1.54) is 225 Å². The molecule has 2 heterocycles. The zero-order valence-corrected chi connectivity index (χ0v) is 47.5. The number of hydrogen-bond acceptors (Lipinski definition) is 9. The predicted octanol–water partition coefficient (Wildman–Crippen LogP) is 17.8. The fourth-order valence-corrected chi connectivity index (χ4v) is 13.0. The van der Waals surface area contributed by atoms with Crippen molar-refractivity contribution < 1.29 is 44.2 Å². The first-order chi connectivity index (χ1) is 34.0. The molecule has 0 aliphatic carbocycles. The van der Waals surface area contributed by atoms with Crippen molar-refractivity contribution >= 4 is 8.60 Å². The predicted molar refractivity (Wildman–Crippen MR) is 294 cm³/mol. The minimum atomic E-state index is -3.00. The van der Waals surface area contributed by atoms with Crippen molar-refractivity contribution in [3.05, 3.63) is 0 Å². The van der Waals surface area contributed by atoms with Crippen LogP contribution in [0.5, 0.6) is 0 Å². The molecule has 2 saturated heterocycles. The van der Waals surface area contributed by atoms with E-state index in [-0.39, 0.29) is 19.3 Å². The number of rotatable bonds is 54. The summed E-state index contributed by atoms with van der Waals surface area (Å²) in [5.74, 6) is -8.66. The van der Waals surface area contributed by atoms with Crippen LogP contribution in [-0.2, 0) is 13.6 Å². The van der Waals surface area contributed by atoms with Crippen LogP contribution >= 0.6 is 8.60 Å². The molecule has 10 heteroatoms. The zero-order chi connectivity index (χ0) is 51.0. The Kier molecular flexibility index (Phi) is 39.0. The fraction of sp³-hybridized carbons (Fsp3) is 1.00. The van der Waals surface area contributed by atoms with E-state index in [0.717, 1.165) is 64.2 Å². The third-order valence-electron chi connectivity index (χ3n) is 16.5. The van der Waals surface area contributed by atoms with Crippen molar-refractivity contribution in [1.29, 1.82) is 0 Å². The number of unbranched alkanes of at least 4 members (excludes halogenated alkanes) is 45. The van der Waals surface area contributed by atoms with Gasteiger partial charge in [-0.05, 0) is 19.3 Å². The second-order valence-corrected chi connectivity index (χ2v) is 23.8. The minimum absolute atomic E-state index is 0.0630. The van der Waals surface area contributed by atoms with Crippen molar-refractivity contribution in [2.75, 3.05) is 6.61 Å². The van der Waals surface area contributed by atoms with Gasteiger partial charge in [0.15, 0.2) is 5.60 Å². The van der Waals surface area contributed by atoms with Gasteiger partial charge in [-0.1, -0.05) is 329 Å². The quantitative estimate of drug-likeness (QED) is 0.0259. The molecule has 2 bridgehead atoms. The Hall–Kier alpha value is 0.0700. The molecular weight excluding hydrogens is 896 g/mol. The van der Waals surface area contributed by atoms with E-state index in [4.69, 9.17) is 13.6 Å². The zero-order valence-electron chi connectivity index (χ0n) is 46.6. The standard InChI is InChI=1S/C60H119O9P/c1-4-7-10-13-16-19-22-25-28-31-34-37-40-43-46-49-52-56(62,53-50-47-44-41-38-35-32-29-26-23-20-17-14-11-8-5-2)57(63,59(65)60(66)58(64,55-61)67-70(68-59)69-60)54-51-48-45-42-39-36-33-30-27-24-21-18-15-12-9-6-3/h61-66H,4-55H2,1-3H3/t57-,58+,59-,60-,70?/m1/s1. The van der Waals surface area contributed by atoms with E-state index in [1.807, 2.05) is 0 Å². The van der Waals surface area contributed by atoms with E-state index in [9.17, 15) is 30.6 Å². The fourth-order valence-electron chi connectivity index (χ4n) is 11.5. The molecule has 0 aromatic rings. The van der Waals surface area contributed by atoms with Gasteiger partial charge in [0.1, 0.15) is 6.61 Å². The average molecular weight is 1020 g/mol. The third-order valence-corrected chi connectivity index (χ3v) is 17.7. The Morgan fingerprint density at radius 3 is 0.771 bits per heavy atom. The van der Waals surface area contributed by atoms with Crippen LogP contribution in [0.3, 0.4) is 0 Å². The van der Waals surface area contributed by atoms with Crippen LogP contribution in [0.15, 0.2) is 0 Å². The minimum Gasteiger partial charge on any atom is -0.391 e. The van der Waals surface area contributed by atoms with Gasteiger partial charge in [-0.25, -0.2) is 0 Å². The molecule has 0 aromatic heterocycles. The summed E-state index contributed by atoms with van der Waals surface area (Å²) in [5, 5.41) is 72.1. The van der Waals surface area contributed by atoms with E-state index in [0.29, 0.717) is 19.3 Å². The Labute approximate surface area is 434 Å². The summed E-state index contributed by atoms with van der Waals surface area (Å²) in [7, 11) is -2.50. The second kappa shape index (κ2) is 41.3. The number of hydrogen-bond donors (Lipinski definition) is 6. The smallest absolute Gasteiger partial charge is 0.341 e. The van der Waals surface area contributed by atoms with Crippen LogP contribution in [0, 0.1) is 0 Å². The lowest BCUT2D eigenvalue weighted by Gasteiger charge is -2.55. The Morgan fingerprint density at radius 2 is 0.543 bits per heavy atom. The van der Waals surface area contributed by atoms with E-state index in [2.05, 4.69) is 20.8 Å². The van der Waals surface area contributed by atoms with Crippen molar-refractivity contribution in [2.24, 2.45) is 0 Å². The summed E-state index contributed by atoms with van der Waals surface area (Å²) < 4.78 is 16.8. The maximum atomic E-state index is 13.1. The van der Waals surface area contributed by atoms with Crippen molar-refractivity contribution in [2.45, 2.75) is 377 Å². The molecule has 1 unspecified atom stereocenters. The molecule has 2 aliphatic rings. The van der Waals surface area contributed by atoms with E-state index < -0.39 is 43.8 Å². The summed E-state index contributed by atoms with van der Waals surface area (Å²) in [6.07, 6.45) is 58.7. The van der Waals surface area contributed by atoms with Gasteiger partial charge in [0.2, 0.25) is 0 Å². The molecule has 5 atom stereocenters. The SMILES string of the molecule is CCCCCCCCCCCCCCCCCCC(O)(CCCCCCCCCCCCCCCCCC)[C@](O)(CCCCCCCCCCCCCCCCCC)[C@@]1(O)OP2O[C@]1(O)[C@](O)(CO)O2. The molecule has 418 valence electrons. The topological polar surface area (TPSA) is 149 Å². The Bertz CT molecular complexity index is 1140. The first kappa shape index (κ1) is 66.2. The summed E-state index contributed by atoms with van der Waals surface area (Å²) in [6.45, 7) is 5.73. The molecule has 0 amide bonds. The molecule has 6 N–H and O–H groups in total. The Morgan fingerprint density at radius 1 is 0.314 bits per heavy atom. The van der Waals surface area contributed by atoms with Crippen LogP contribution in [-0.4, -0.2) is 65.8 Å². The van der Waals surface area contributed by atoms with E-state index in [1.54, 1.807) is 0 Å². The third kappa shape index (κ3) is 24.8. The largest absolute Gasteiger partial charge is 0.391 e. The monoisotopic (exact) mass is 1010 g/mol. The van der Waals surface area contributed by atoms with Crippen LogP contribution in [0.1, 0.15) is 348 Å². The maximum absolute atomic E-state index is 13.1. The highest BCUT2D eigenvalue weighted by molar-refractivity contribution is 7.42. The molecule has 0 spiro atoms. The van der Waals surface area contributed by atoms with Gasteiger partial charge in [-0.15, -0.1) is 0 Å². The first-order valence-electron chi connectivity index (χ1n) is 31.1. The number of aliphatic hydroxyl groups is 6. The van der Waals surface area contributed by atoms with Crippen LogP contribution in [0.4, 0.5) is 0 Å². The first-order valence-corrected chi connectivity index (χ1v) is 32.2. The number of aliphatic hydroxyl groups excluding tert-OH is 1. The molecule has 0 radical (unpaired) electrons. The molecular formula is C60H119O9P. The summed E-state index contributed by atoms with van der Waals surface area (Å²) in [5.41, 5.74) is -4.28. The van der Waals surface area contributed by atoms with Crippen LogP contribution in [0.2, 0.25) is 0 Å². The molecule has 2 aliphatic heterocycles. The van der Waals surface area contributed by atoms with Gasteiger partial charge in [-0.3, -0.25) is 13.6 Å². The van der Waals surface area contributed by atoms with Gasteiger partial charge in [0.25, 0.3) is 17.4 Å². The molecule has 70 heavy (non-hydrogen) atoms. The summed E-state index contributed by atoms with van der Waals surface area (Å²) in [4.78, 5) is 0. The normalized spacial score (nSPS) is 22.2. The van der Waals surface area contributed by atoms with E-state index >= 15 is 0 Å². The highest BCUT2D eigenvalue weighted by atomic mass is 31.2. The van der Waals surface area contributed by atoms with Gasteiger partial charge in [0.05, 0.1) is 5.60 Å². The summed E-state index contributed by atoms with van der Waals surface area (Å²) >= 11 is 0. The van der Waals surface area contributed by atoms with Gasteiger partial charge >= 0.3 is 8.60 Å². The lowest BCUT2D eigenvalue weighted by Crippen LogP contribution is -2.80. The highest BCUT2D eigenvalue weighted by Crippen LogP contribution is 2.72. The molecule has 9 nitrogen and oxygen atoms in total. The van der Waals surface area contributed by atoms with Crippen LogP contribution in [0.25, 0.3) is 0 Å². The molecule has 2 rings (SSSR count). The Balaban J connectivity index is 1.97. The van der Waals surface area contributed by atoms with Crippen LogP contribution < -0.4 is 0 Å². The maximum Gasteiger partial charge on any atom is 0.341 e.